The first-order valence-electron chi connectivity index (χ1n) is 13.7. The minimum Gasteiger partial charge on any atom is -0.390 e. The van der Waals surface area contributed by atoms with Crippen LogP contribution in [-0.4, -0.2) is 73.2 Å². The number of likely N-dealkylation sites (tertiary alicyclic amines) is 1. The number of nitrogens with one attached hydrogen (secondary N) is 2. The van der Waals surface area contributed by atoms with Crippen LogP contribution in [0.3, 0.4) is 0 Å². The fourth-order valence-electron chi connectivity index (χ4n) is 6.01. The number of urea groups is 1. The van der Waals surface area contributed by atoms with Crippen molar-refractivity contribution in [1.29, 1.82) is 0 Å². The smallest absolute Gasteiger partial charge is 0.317 e. The van der Waals surface area contributed by atoms with Gasteiger partial charge in [-0.1, -0.05) is 43.0 Å². The summed E-state index contributed by atoms with van der Waals surface area (Å²) in [5.74, 6) is -0.0824. The average Bonchev–Trinajstić information content (AvgIpc) is 2.89. The lowest BCUT2D eigenvalue weighted by Gasteiger charge is -2.43. The number of hydrogen-bond acceptors (Lipinski definition) is 5. The number of halogens is 1. The molecule has 3 rings (SSSR count). The molecule has 1 aromatic carbocycles. The van der Waals surface area contributed by atoms with Crippen LogP contribution in [-0.2, 0) is 10.3 Å². The second-order valence-corrected chi connectivity index (χ2v) is 11.3. The molecule has 3 unspecified atom stereocenters. The molecule has 1 saturated carbocycles. The SMILES string of the molecule is CNC(CNC(=O)N1CCCC(C(O)(CCCCOC)c2cccc(Cl)c2)C1)CC1(O)CCCCC1. The quantitative estimate of drug-likeness (QED) is 0.304. The maximum Gasteiger partial charge on any atom is 0.317 e. The molecule has 2 aliphatic rings. The third-order valence-corrected chi connectivity index (χ3v) is 8.42. The Morgan fingerprint density at radius 1 is 1.28 bits per heavy atom. The zero-order chi connectivity index (χ0) is 26.0. The number of hydrogen-bond donors (Lipinski definition) is 4. The number of rotatable bonds is 12. The van der Waals surface area contributed by atoms with Crippen LogP contribution < -0.4 is 10.6 Å². The lowest BCUT2D eigenvalue weighted by Crippen LogP contribution is -2.53. The zero-order valence-electron chi connectivity index (χ0n) is 22.1. The molecule has 0 bridgehead atoms. The summed E-state index contributed by atoms with van der Waals surface area (Å²) in [7, 11) is 3.57. The van der Waals surface area contributed by atoms with E-state index in [0.29, 0.717) is 44.1 Å². The number of carbonyl (C=O) groups is 1. The minimum absolute atomic E-state index is 0.0156. The fourth-order valence-corrected chi connectivity index (χ4v) is 6.20. The predicted molar refractivity (Wildman–Crippen MR) is 144 cm³/mol. The summed E-state index contributed by atoms with van der Waals surface area (Å²) in [5, 5.41) is 29.9. The van der Waals surface area contributed by atoms with Gasteiger partial charge in [-0.2, -0.15) is 0 Å². The molecular weight excluding hydrogens is 478 g/mol. The van der Waals surface area contributed by atoms with Crippen molar-refractivity contribution >= 4 is 17.6 Å². The van der Waals surface area contributed by atoms with E-state index < -0.39 is 11.2 Å². The first kappa shape index (κ1) is 29.2. The van der Waals surface area contributed by atoms with Gasteiger partial charge in [0.25, 0.3) is 0 Å². The highest BCUT2D eigenvalue weighted by molar-refractivity contribution is 6.30. The molecule has 2 fully saturated rings. The van der Waals surface area contributed by atoms with E-state index in [9.17, 15) is 15.0 Å². The molecule has 36 heavy (non-hydrogen) atoms. The lowest BCUT2D eigenvalue weighted by atomic mass is 9.74. The number of piperidine rings is 1. The van der Waals surface area contributed by atoms with Gasteiger partial charge >= 0.3 is 6.03 Å². The van der Waals surface area contributed by atoms with Gasteiger partial charge in [-0.25, -0.2) is 4.79 Å². The van der Waals surface area contributed by atoms with Gasteiger partial charge in [-0.3, -0.25) is 0 Å². The van der Waals surface area contributed by atoms with Crippen molar-refractivity contribution in [2.24, 2.45) is 5.92 Å². The second-order valence-electron chi connectivity index (χ2n) is 10.8. The second kappa shape index (κ2) is 14.0. The van der Waals surface area contributed by atoms with Crippen LogP contribution >= 0.6 is 11.6 Å². The number of unbranched alkanes of at least 4 members (excludes halogenated alkanes) is 1. The van der Waals surface area contributed by atoms with Crippen molar-refractivity contribution in [2.75, 3.05) is 40.4 Å². The number of aliphatic hydroxyl groups is 2. The first-order valence-corrected chi connectivity index (χ1v) is 14.1. The molecule has 7 nitrogen and oxygen atoms in total. The van der Waals surface area contributed by atoms with Gasteiger partial charge in [-0.05, 0) is 76.1 Å². The molecule has 0 radical (unpaired) electrons. The van der Waals surface area contributed by atoms with E-state index in [0.717, 1.165) is 56.9 Å². The Morgan fingerprint density at radius 2 is 2.06 bits per heavy atom. The predicted octanol–water partition coefficient (Wildman–Crippen LogP) is 4.44. The van der Waals surface area contributed by atoms with Crippen molar-refractivity contribution in [1.82, 2.24) is 15.5 Å². The third-order valence-electron chi connectivity index (χ3n) is 8.18. The van der Waals surface area contributed by atoms with E-state index in [1.807, 2.05) is 36.2 Å². The number of likely N-dealkylation sites (N-methyl/N-ethyl adjacent to an activating group) is 1. The first-order chi connectivity index (χ1) is 17.3. The Hall–Kier alpha value is -1.38. The van der Waals surface area contributed by atoms with Crippen LogP contribution in [0.5, 0.6) is 0 Å². The molecular formula is C28H46ClN3O4. The molecule has 1 aromatic rings. The molecule has 1 heterocycles. The summed E-state index contributed by atoms with van der Waals surface area (Å²) in [6.07, 6.45) is 9.61. The topological polar surface area (TPSA) is 94.1 Å². The third kappa shape index (κ3) is 8.06. The van der Waals surface area contributed by atoms with Crippen molar-refractivity contribution < 1.29 is 19.7 Å². The van der Waals surface area contributed by atoms with E-state index in [1.165, 1.54) is 6.42 Å². The number of ether oxygens (including phenoxy) is 1. The highest BCUT2D eigenvalue weighted by atomic mass is 35.5. The van der Waals surface area contributed by atoms with E-state index in [2.05, 4.69) is 10.6 Å². The van der Waals surface area contributed by atoms with Gasteiger partial charge in [0.1, 0.15) is 0 Å². The molecule has 1 aliphatic carbocycles. The van der Waals surface area contributed by atoms with Crippen LogP contribution in [0.15, 0.2) is 24.3 Å². The summed E-state index contributed by atoms with van der Waals surface area (Å²) in [5.41, 5.74) is -0.881. The molecule has 2 amide bonds. The van der Waals surface area contributed by atoms with Gasteiger partial charge in [-0.15, -0.1) is 0 Å². The lowest BCUT2D eigenvalue weighted by molar-refractivity contribution is -0.0563. The number of amides is 2. The molecule has 0 aromatic heterocycles. The van der Waals surface area contributed by atoms with Gasteiger partial charge in [0, 0.05) is 50.3 Å². The van der Waals surface area contributed by atoms with Crippen LogP contribution in [0.1, 0.15) is 76.2 Å². The summed E-state index contributed by atoms with van der Waals surface area (Å²) in [4.78, 5) is 15.0. The molecule has 0 spiro atoms. The number of nitrogens with zero attached hydrogens (tertiary/aromatic N) is 1. The maximum atomic E-state index is 13.2. The van der Waals surface area contributed by atoms with Crippen LogP contribution in [0.25, 0.3) is 0 Å². The van der Waals surface area contributed by atoms with Gasteiger partial charge in [0.15, 0.2) is 0 Å². The molecule has 8 heteroatoms. The highest BCUT2D eigenvalue weighted by Gasteiger charge is 2.41. The zero-order valence-corrected chi connectivity index (χ0v) is 22.9. The Bertz CT molecular complexity index is 820. The van der Waals surface area contributed by atoms with Gasteiger partial charge < -0.3 is 30.5 Å². The van der Waals surface area contributed by atoms with Crippen LogP contribution in [0, 0.1) is 5.92 Å². The van der Waals surface area contributed by atoms with E-state index in [1.54, 1.807) is 7.11 Å². The summed E-state index contributed by atoms with van der Waals surface area (Å²) in [6.45, 7) is 2.29. The summed E-state index contributed by atoms with van der Waals surface area (Å²) >= 11 is 6.29. The minimum atomic E-state index is -1.06. The Morgan fingerprint density at radius 3 is 2.75 bits per heavy atom. The van der Waals surface area contributed by atoms with Crippen LogP contribution in [0.4, 0.5) is 4.79 Å². The molecule has 3 atom stereocenters. The molecule has 1 aliphatic heterocycles. The van der Waals surface area contributed by atoms with Gasteiger partial charge in [0.2, 0.25) is 0 Å². The van der Waals surface area contributed by atoms with Crippen LogP contribution in [0.2, 0.25) is 5.02 Å². The van der Waals surface area contributed by atoms with Crippen molar-refractivity contribution in [2.45, 2.75) is 87.9 Å². The number of methoxy groups -OCH3 is 1. The number of carbonyl (C=O) groups excluding carboxylic acids is 1. The van der Waals surface area contributed by atoms with Crippen molar-refractivity contribution in [3.63, 3.8) is 0 Å². The Labute approximate surface area is 221 Å². The Kier molecular flexibility index (Phi) is 11.3. The monoisotopic (exact) mass is 523 g/mol. The van der Waals surface area contributed by atoms with Gasteiger partial charge in [0.05, 0.1) is 11.2 Å². The van der Waals surface area contributed by atoms with E-state index in [-0.39, 0.29) is 18.0 Å². The standard InChI is InChI=1S/C28H46ClN3O4/c1-30-25(19-27(34)13-4-3-5-14-27)20-31-26(33)32-16-9-11-23(21-32)28(35,15-6-7-17-36-2)22-10-8-12-24(29)18-22/h8,10,12,18,23,25,30,34-35H,3-7,9,11,13-17,19-21H2,1-2H3,(H,31,33). The largest absolute Gasteiger partial charge is 0.390 e. The van der Waals surface area contributed by atoms with E-state index in [4.69, 9.17) is 16.3 Å². The van der Waals surface area contributed by atoms with Crippen molar-refractivity contribution in [3.8, 4) is 0 Å². The summed E-state index contributed by atoms with van der Waals surface area (Å²) < 4.78 is 5.20. The van der Waals surface area contributed by atoms with E-state index >= 15 is 0 Å². The maximum absolute atomic E-state index is 13.2. The fraction of sp³-hybridized carbons (Fsp3) is 0.750. The Balaban J connectivity index is 1.62. The average molecular weight is 524 g/mol. The van der Waals surface area contributed by atoms with Crippen molar-refractivity contribution in [3.05, 3.63) is 34.9 Å². The molecule has 1 saturated heterocycles. The molecule has 4 N–H and O–H groups in total. The number of benzene rings is 1. The molecule has 204 valence electrons. The normalized spacial score (nSPS) is 22.6. The highest BCUT2D eigenvalue weighted by Crippen LogP contribution is 2.40. The summed E-state index contributed by atoms with van der Waals surface area (Å²) in [6, 6.07) is 7.40.